The zero-order valence-electron chi connectivity index (χ0n) is 15.4. The van der Waals surface area contributed by atoms with Gasteiger partial charge in [-0.25, -0.2) is 14.8 Å². The summed E-state index contributed by atoms with van der Waals surface area (Å²) in [5.74, 6) is 0.430. The molecule has 0 saturated heterocycles. The summed E-state index contributed by atoms with van der Waals surface area (Å²) in [7, 11) is 3.63. The van der Waals surface area contributed by atoms with Gasteiger partial charge in [-0.3, -0.25) is 19.5 Å². The first-order valence-corrected chi connectivity index (χ1v) is 8.51. The van der Waals surface area contributed by atoms with Crippen LogP contribution >= 0.6 is 0 Å². The van der Waals surface area contributed by atoms with Gasteiger partial charge < -0.3 is 10.2 Å². The van der Waals surface area contributed by atoms with E-state index >= 15 is 0 Å². The van der Waals surface area contributed by atoms with Crippen molar-refractivity contribution in [2.24, 2.45) is 0 Å². The van der Waals surface area contributed by atoms with Crippen LogP contribution < -0.4 is 10.6 Å². The lowest BCUT2D eigenvalue weighted by Gasteiger charge is -2.10. The molecule has 0 aliphatic carbocycles. The van der Waals surface area contributed by atoms with Crippen LogP contribution in [0.3, 0.4) is 0 Å². The Hall–Kier alpha value is -3.33. The van der Waals surface area contributed by atoms with Crippen molar-refractivity contribution in [1.29, 1.82) is 0 Å². The SMILES string of the molecule is CCNC(=O)Nc1cn2c(C(=O)CN(C)C)nc(-c3cccnc3)cc2n1. The van der Waals surface area contributed by atoms with E-state index in [2.05, 4.69) is 25.6 Å². The van der Waals surface area contributed by atoms with E-state index in [0.29, 0.717) is 23.7 Å². The topological polar surface area (TPSA) is 105 Å². The maximum absolute atomic E-state index is 12.7. The predicted octanol–water partition coefficient (Wildman–Crippen LogP) is 1.68. The van der Waals surface area contributed by atoms with Crippen molar-refractivity contribution in [2.75, 3.05) is 32.5 Å². The number of amides is 2. The Morgan fingerprint density at radius 1 is 1.26 bits per heavy atom. The van der Waals surface area contributed by atoms with Crippen LogP contribution in [0, 0.1) is 0 Å². The first-order valence-electron chi connectivity index (χ1n) is 8.51. The molecule has 3 rings (SSSR count). The molecule has 0 aliphatic rings. The van der Waals surface area contributed by atoms with Crippen molar-refractivity contribution in [3.63, 3.8) is 0 Å². The number of urea groups is 1. The molecule has 9 nitrogen and oxygen atoms in total. The van der Waals surface area contributed by atoms with Crippen molar-refractivity contribution >= 4 is 23.3 Å². The summed E-state index contributed by atoms with van der Waals surface area (Å²) in [5, 5.41) is 5.30. The second kappa shape index (κ2) is 7.92. The minimum atomic E-state index is -0.359. The Balaban J connectivity index is 2.08. The zero-order valence-corrected chi connectivity index (χ0v) is 15.4. The normalized spacial score (nSPS) is 11.0. The molecular formula is C18H21N7O2. The maximum Gasteiger partial charge on any atom is 0.320 e. The van der Waals surface area contributed by atoms with Crippen molar-refractivity contribution < 1.29 is 9.59 Å². The number of anilines is 1. The molecule has 3 heterocycles. The van der Waals surface area contributed by atoms with Crippen LogP contribution in [-0.2, 0) is 0 Å². The summed E-state index contributed by atoms with van der Waals surface area (Å²) >= 11 is 0. The van der Waals surface area contributed by atoms with E-state index in [-0.39, 0.29) is 24.2 Å². The minimum Gasteiger partial charge on any atom is -0.338 e. The standard InChI is InChI=1S/C18H21N7O2/c1-4-20-18(27)23-15-11-25-16(22-15)8-13(12-6-5-7-19-9-12)21-17(25)14(26)10-24(2)3/h5-9,11H,4,10H2,1-3H3,(H2,20,23,27). The first kappa shape index (κ1) is 18.5. The Bertz CT molecular complexity index is 967. The smallest absolute Gasteiger partial charge is 0.320 e. The van der Waals surface area contributed by atoms with Crippen molar-refractivity contribution in [1.82, 2.24) is 29.6 Å². The number of carbonyl (C=O) groups excluding carboxylic acids is 2. The third-order valence-electron chi connectivity index (χ3n) is 3.70. The van der Waals surface area contributed by atoms with E-state index < -0.39 is 0 Å². The van der Waals surface area contributed by atoms with Crippen molar-refractivity contribution in [3.05, 3.63) is 42.6 Å². The van der Waals surface area contributed by atoms with Crippen molar-refractivity contribution in [2.45, 2.75) is 6.92 Å². The number of imidazole rings is 1. The number of rotatable bonds is 6. The Labute approximate surface area is 156 Å². The van der Waals surface area contributed by atoms with Crippen LogP contribution in [0.1, 0.15) is 17.5 Å². The predicted molar refractivity (Wildman–Crippen MR) is 102 cm³/mol. The third-order valence-corrected chi connectivity index (χ3v) is 3.70. The molecule has 0 bridgehead atoms. The monoisotopic (exact) mass is 367 g/mol. The second-order valence-corrected chi connectivity index (χ2v) is 6.21. The summed E-state index contributed by atoms with van der Waals surface area (Å²) in [6.07, 6.45) is 4.94. The molecule has 9 heteroatoms. The van der Waals surface area contributed by atoms with E-state index in [1.807, 2.05) is 27.1 Å². The van der Waals surface area contributed by atoms with E-state index in [4.69, 9.17) is 0 Å². The number of fused-ring (bicyclic) bond motifs is 1. The lowest BCUT2D eigenvalue weighted by atomic mass is 10.2. The lowest BCUT2D eigenvalue weighted by Crippen LogP contribution is -2.28. The highest BCUT2D eigenvalue weighted by atomic mass is 16.2. The van der Waals surface area contributed by atoms with Gasteiger partial charge in [0.2, 0.25) is 5.78 Å². The Kier molecular flexibility index (Phi) is 5.41. The number of likely N-dealkylation sites (N-methyl/N-ethyl adjacent to an activating group) is 1. The summed E-state index contributed by atoms with van der Waals surface area (Å²) in [6, 6.07) is 5.06. The molecule has 0 saturated carbocycles. The van der Waals surface area contributed by atoms with Gasteiger partial charge in [0.1, 0.15) is 5.65 Å². The summed E-state index contributed by atoms with van der Waals surface area (Å²) in [4.78, 5) is 39.3. The number of aromatic nitrogens is 4. The number of nitrogens with zero attached hydrogens (tertiary/aromatic N) is 5. The lowest BCUT2D eigenvalue weighted by molar-refractivity contribution is 0.0946. The molecule has 2 amide bonds. The van der Waals surface area contributed by atoms with Gasteiger partial charge in [0.25, 0.3) is 0 Å². The quantitative estimate of drug-likeness (QED) is 0.642. The Morgan fingerprint density at radius 2 is 2.07 bits per heavy atom. The fourth-order valence-corrected chi connectivity index (χ4v) is 2.59. The highest BCUT2D eigenvalue weighted by molar-refractivity contribution is 5.96. The van der Waals surface area contributed by atoms with Crippen LogP contribution in [0.25, 0.3) is 16.9 Å². The molecular weight excluding hydrogens is 346 g/mol. The van der Waals surface area contributed by atoms with Gasteiger partial charge in [0.15, 0.2) is 11.6 Å². The highest BCUT2D eigenvalue weighted by Gasteiger charge is 2.18. The van der Waals surface area contributed by atoms with Crippen LogP contribution in [-0.4, -0.2) is 63.3 Å². The fraction of sp³-hybridized carbons (Fsp3) is 0.278. The number of hydrogen-bond donors (Lipinski definition) is 2. The van der Waals surface area contributed by atoms with Gasteiger partial charge in [-0.1, -0.05) is 0 Å². The molecule has 0 atom stereocenters. The molecule has 3 aromatic rings. The summed E-state index contributed by atoms with van der Waals surface area (Å²) in [6.45, 7) is 2.53. The van der Waals surface area contributed by atoms with Gasteiger partial charge >= 0.3 is 6.03 Å². The number of pyridine rings is 1. The number of Topliss-reactive ketones (excluding diaryl/α,β-unsaturated/α-hetero) is 1. The van der Waals surface area contributed by atoms with Gasteiger partial charge in [0.05, 0.1) is 18.4 Å². The summed E-state index contributed by atoms with van der Waals surface area (Å²) in [5.41, 5.74) is 1.88. The molecule has 2 N–H and O–H groups in total. The summed E-state index contributed by atoms with van der Waals surface area (Å²) < 4.78 is 1.59. The number of hydrogen-bond acceptors (Lipinski definition) is 6. The largest absolute Gasteiger partial charge is 0.338 e. The third kappa shape index (κ3) is 4.26. The van der Waals surface area contributed by atoms with E-state index in [1.54, 1.807) is 40.0 Å². The van der Waals surface area contributed by atoms with Gasteiger partial charge in [-0.15, -0.1) is 0 Å². The van der Waals surface area contributed by atoms with E-state index in [9.17, 15) is 9.59 Å². The minimum absolute atomic E-state index is 0.155. The molecule has 0 fully saturated rings. The molecule has 27 heavy (non-hydrogen) atoms. The van der Waals surface area contributed by atoms with E-state index in [0.717, 1.165) is 5.56 Å². The van der Waals surface area contributed by atoms with Crippen molar-refractivity contribution in [3.8, 4) is 11.3 Å². The Morgan fingerprint density at radius 3 is 2.74 bits per heavy atom. The average molecular weight is 367 g/mol. The number of carbonyl (C=O) groups is 2. The molecule has 3 aromatic heterocycles. The van der Waals surface area contributed by atoms with Crippen LogP contribution in [0.2, 0.25) is 0 Å². The van der Waals surface area contributed by atoms with Crippen LogP contribution in [0.5, 0.6) is 0 Å². The molecule has 0 aromatic carbocycles. The van der Waals surface area contributed by atoms with Crippen LogP contribution in [0.15, 0.2) is 36.8 Å². The second-order valence-electron chi connectivity index (χ2n) is 6.21. The molecule has 0 unspecified atom stereocenters. The molecule has 0 radical (unpaired) electrons. The van der Waals surface area contributed by atoms with Crippen LogP contribution in [0.4, 0.5) is 10.6 Å². The van der Waals surface area contributed by atoms with Gasteiger partial charge in [0, 0.05) is 30.6 Å². The number of ketones is 1. The molecule has 140 valence electrons. The molecule has 0 aliphatic heterocycles. The van der Waals surface area contributed by atoms with E-state index in [1.165, 1.54) is 0 Å². The highest BCUT2D eigenvalue weighted by Crippen LogP contribution is 2.21. The fourth-order valence-electron chi connectivity index (χ4n) is 2.59. The zero-order chi connectivity index (χ0) is 19.4. The van der Waals surface area contributed by atoms with Gasteiger partial charge in [-0.2, -0.15) is 0 Å². The van der Waals surface area contributed by atoms with Gasteiger partial charge in [-0.05, 0) is 33.2 Å². The number of nitrogens with one attached hydrogen (secondary N) is 2. The molecule has 0 spiro atoms. The first-order chi connectivity index (χ1) is 13.0. The maximum atomic E-state index is 12.7. The average Bonchev–Trinajstić information content (AvgIpc) is 3.03.